The maximum atomic E-state index is 10.7. The summed E-state index contributed by atoms with van der Waals surface area (Å²) in [5, 5.41) is 10.7. The standard InChI is InChI=1S/C28H32O/c1-2-3-4-5-6-7-8-16-23-26(19-13-20-27(23)29)28-24-17-11-9-14-21(24)22-15-10-12-18-25(22)28/h9-15,17-20,28-29H,2-8,16H2,1H3. The number of benzene rings is 3. The summed E-state index contributed by atoms with van der Waals surface area (Å²) in [6.07, 6.45) is 9.99. The molecule has 0 unspecified atom stereocenters. The van der Waals surface area contributed by atoms with Gasteiger partial charge in [0.05, 0.1) is 0 Å². The highest BCUT2D eigenvalue weighted by atomic mass is 16.3. The molecule has 1 nitrogen and oxygen atoms in total. The van der Waals surface area contributed by atoms with Gasteiger partial charge in [-0.2, -0.15) is 0 Å². The van der Waals surface area contributed by atoms with Crippen molar-refractivity contribution in [2.75, 3.05) is 0 Å². The lowest BCUT2D eigenvalue weighted by Crippen LogP contribution is -2.04. The second kappa shape index (κ2) is 9.31. The van der Waals surface area contributed by atoms with Crippen LogP contribution in [0.2, 0.25) is 0 Å². The average Bonchev–Trinajstić information content (AvgIpc) is 3.08. The van der Waals surface area contributed by atoms with E-state index in [1.807, 2.05) is 12.1 Å². The van der Waals surface area contributed by atoms with E-state index in [0.717, 1.165) is 18.4 Å². The van der Waals surface area contributed by atoms with Gasteiger partial charge in [0.25, 0.3) is 0 Å². The Morgan fingerprint density at radius 3 is 1.83 bits per heavy atom. The SMILES string of the molecule is CCCCCCCCCc1c(O)cccc1C1c2ccccc2-c2ccccc21. The first-order chi connectivity index (χ1) is 14.3. The third kappa shape index (κ3) is 4.10. The number of fused-ring (bicyclic) bond motifs is 3. The van der Waals surface area contributed by atoms with Crippen molar-refractivity contribution in [2.45, 2.75) is 64.2 Å². The van der Waals surface area contributed by atoms with Crippen LogP contribution in [0.5, 0.6) is 5.75 Å². The fourth-order valence-corrected chi connectivity index (χ4v) is 4.88. The van der Waals surface area contributed by atoms with Crippen molar-refractivity contribution in [2.24, 2.45) is 0 Å². The lowest BCUT2D eigenvalue weighted by Gasteiger charge is -2.19. The van der Waals surface area contributed by atoms with Crippen molar-refractivity contribution < 1.29 is 5.11 Å². The normalized spacial score (nSPS) is 12.7. The highest BCUT2D eigenvalue weighted by Gasteiger charge is 2.31. The van der Waals surface area contributed by atoms with Crippen LogP contribution in [0.25, 0.3) is 11.1 Å². The Labute approximate surface area is 175 Å². The lowest BCUT2D eigenvalue weighted by atomic mass is 9.84. The van der Waals surface area contributed by atoms with E-state index in [1.54, 1.807) is 0 Å². The maximum absolute atomic E-state index is 10.7. The molecule has 3 aromatic rings. The third-order valence-electron chi connectivity index (χ3n) is 6.36. The zero-order chi connectivity index (χ0) is 20.1. The average molecular weight is 385 g/mol. The Morgan fingerprint density at radius 1 is 0.621 bits per heavy atom. The highest BCUT2D eigenvalue weighted by Crippen LogP contribution is 2.49. The van der Waals surface area contributed by atoms with Crippen molar-refractivity contribution in [1.82, 2.24) is 0 Å². The zero-order valence-electron chi connectivity index (χ0n) is 17.5. The molecule has 0 spiro atoms. The Bertz CT molecular complexity index is 911. The molecular formula is C28H32O. The van der Waals surface area contributed by atoms with Gasteiger partial charge in [0.2, 0.25) is 0 Å². The molecule has 0 saturated carbocycles. The summed E-state index contributed by atoms with van der Waals surface area (Å²) in [4.78, 5) is 0. The molecule has 1 aliphatic carbocycles. The molecule has 0 bridgehead atoms. The lowest BCUT2D eigenvalue weighted by molar-refractivity contribution is 0.464. The molecule has 4 rings (SSSR count). The van der Waals surface area contributed by atoms with Gasteiger partial charge in [-0.25, -0.2) is 0 Å². The van der Waals surface area contributed by atoms with E-state index in [-0.39, 0.29) is 5.92 Å². The molecule has 1 aliphatic rings. The monoisotopic (exact) mass is 384 g/mol. The van der Waals surface area contributed by atoms with Gasteiger partial charge in [-0.05, 0) is 52.3 Å². The van der Waals surface area contributed by atoms with Crippen molar-refractivity contribution >= 4 is 0 Å². The number of phenolic OH excluding ortho intramolecular Hbond substituents is 1. The van der Waals surface area contributed by atoms with E-state index in [4.69, 9.17) is 0 Å². The van der Waals surface area contributed by atoms with Crippen molar-refractivity contribution in [3.63, 3.8) is 0 Å². The molecule has 3 aromatic carbocycles. The second-order valence-electron chi connectivity index (χ2n) is 8.32. The van der Waals surface area contributed by atoms with Gasteiger partial charge < -0.3 is 5.11 Å². The number of aromatic hydroxyl groups is 1. The summed E-state index contributed by atoms with van der Waals surface area (Å²) < 4.78 is 0. The van der Waals surface area contributed by atoms with Gasteiger partial charge in [-0.3, -0.25) is 0 Å². The Kier molecular flexibility index (Phi) is 6.34. The molecule has 0 aromatic heterocycles. The van der Waals surface area contributed by atoms with Crippen LogP contribution in [0.1, 0.15) is 80.0 Å². The topological polar surface area (TPSA) is 20.2 Å². The fourth-order valence-electron chi connectivity index (χ4n) is 4.88. The molecule has 1 heteroatoms. The van der Waals surface area contributed by atoms with E-state index in [2.05, 4.69) is 61.5 Å². The van der Waals surface area contributed by atoms with Gasteiger partial charge >= 0.3 is 0 Å². The van der Waals surface area contributed by atoms with Crippen molar-refractivity contribution in [3.8, 4) is 16.9 Å². The van der Waals surface area contributed by atoms with E-state index >= 15 is 0 Å². The van der Waals surface area contributed by atoms with Gasteiger partial charge in [0, 0.05) is 5.92 Å². The van der Waals surface area contributed by atoms with Gasteiger partial charge in [-0.15, -0.1) is 0 Å². The van der Waals surface area contributed by atoms with Crippen LogP contribution in [0.4, 0.5) is 0 Å². The summed E-state index contributed by atoms with van der Waals surface area (Å²) in [7, 11) is 0. The number of phenols is 1. The van der Waals surface area contributed by atoms with Crippen LogP contribution in [0.15, 0.2) is 66.7 Å². The molecule has 0 fully saturated rings. The van der Waals surface area contributed by atoms with Crippen LogP contribution in [-0.2, 0) is 6.42 Å². The number of hydrogen-bond acceptors (Lipinski definition) is 1. The summed E-state index contributed by atoms with van der Waals surface area (Å²) in [6.45, 7) is 2.26. The molecule has 0 amide bonds. The predicted molar refractivity (Wildman–Crippen MR) is 123 cm³/mol. The third-order valence-corrected chi connectivity index (χ3v) is 6.36. The fraction of sp³-hybridized carbons (Fsp3) is 0.357. The molecule has 150 valence electrons. The first-order valence-electron chi connectivity index (χ1n) is 11.3. The zero-order valence-corrected chi connectivity index (χ0v) is 17.5. The van der Waals surface area contributed by atoms with Crippen LogP contribution in [0.3, 0.4) is 0 Å². The smallest absolute Gasteiger partial charge is 0.119 e. The molecule has 0 aliphatic heterocycles. The first-order valence-corrected chi connectivity index (χ1v) is 11.3. The van der Waals surface area contributed by atoms with Gasteiger partial charge in [-0.1, -0.05) is 106 Å². The molecule has 29 heavy (non-hydrogen) atoms. The molecule has 1 N–H and O–H groups in total. The van der Waals surface area contributed by atoms with E-state index in [0.29, 0.717) is 5.75 Å². The molecule has 0 saturated heterocycles. The summed E-state index contributed by atoms with van der Waals surface area (Å²) >= 11 is 0. The minimum atomic E-state index is 0.217. The molecule has 0 heterocycles. The molecule has 0 radical (unpaired) electrons. The summed E-state index contributed by atoms with van der Waals surface area (Å²) in [6, 6.07) is 23.6. The highest BCUT2D eigenvalue weighted by molar-refractivity contribution is 5.81. The minimum absolute atomic E-state index is 0.217. The van der Waals surface area contributed by atoms with E-state index < -0.39 is 0 Å². The van der Waals surface area contributed by atoms with Crippen molar-refractivity contribution in [3.05, 3.63) is 89.0 Å². The van der Waals surface area contributed by atoms with E-state index in [9.17, 15) is 5.11 Å². The van der Waals surface area contributed by atoms with Gasteiger partial charge in [0.15, 0.2) is 0 Å². The molecular weight excluding hydrogens is 352 g/mol. The number of hydrogen-bond donors (Lipinski definition) is 1. The summed E-state index contributed by atoms with van der Waals surface area (Å²) in [5.74, 6) is 0.671. The predicted octanol–water partition coefficient (Wildman–Crippen LogP) is 7.85. The van der Waals surface area contributed by atoms with E-state index in [1.165, 1.54) is 66.3 Å². The van der Waals surface area contributed by atoms with Gasteiger partial charge in [0.1, 0.15) is 5.75 Å². The van der Waals surface area contributed by atoms with Crippen LogP contribution in [0, 0.1) is 0 Å². The van der Waals surface area contributed by atoms with Crippen LogP contribution >= 0.6 is 0 Å². The minimum Gasteiger partial charge on any atom is -0.508 e. The number of rotatable bonds is 9. The number of unbranched alkanes of at least 4 members (excludes halogenated alkanes) is 6. The largest absolute Gasteiger partial charge is 0.508 e. The van der Waals surface area contributed by atoms with Crippen molar-refractivity contribution in [1.29, 1.82) is 0 Å². The van der Waals surface area contributed by atoms with Crippen LogP contribution < -0.4 is 0 Å². The molecule has 0 atom stereocenters. The second-order valence-corrected chi connectivity index (χ2v) is 8.32. The van der Waals surface area contributed by atoms with Crippen LogP contribution in [-0.4, -0.2) is 5.11 Å². The quantitative estimate of drug-likeness (QED) is 0.291. The first kappa shape index (κ1) is 19.8. The Balaban J connectivity index is 1.59. The maximum Gasteiger partial charge on any atom is 0.119 e. The summed E-state index contributed by atoms with van der Waals surface area (Å²) in [5.41, 5.74) is 7.79. The Hall–Kier alpha value is -2.54. The Morgan fingerprint density at radius 2 is 1.17 bits per heavy atom.